The number of carbonyl (C=O) groups excluding carboxylic acids is 2. The second-order valence-corrected chi connectivity index (χ2v) is 27.1. The van der Waals surface area contributed by atoms with Gasteiger partial charge in [-0.2, -0.15) is 0 Å². The Balaban J connectivity index is 3.29. The summed E-state index contributed by atoms with van der Waals surface area (Å²) in [6.07, 6.45) is 90.6. The third-order valence-corrected chi connectivity index (χ3v) is 18.7. The summed E-state index contributed by atoms with van der Waals surface area (Å²) in [5.41, 5.74) is 0. The molecule has 0 saturated carbocycles. The Kier molecular flexibility index (Phi) is 72.3. The molecule has 0 bridgehead atoms. The van der Waals surface area contributed by atoms with Gasteiger partial charge >= 0.3 is 5.97 Å². The number of esters is 1. The molecule has 0 fully saturated rings. The minimum Gasteiger partial charge on any atom is -0.466 e. The highest BCUT2D eigenvalue weighted by Gasteiger charge is 2.20. The molecule has 2 atom stereocenters. The molecule has 0 aromatic carbocycles. The van der Waals surface area contributed by atoms with Gasteiger partial charge in [0.05, 0.1) is 25.4 Å². The van der Waals surface area contributed by atoms with Crippen LogP contribution in [-0.2, 0) is 14.3 Å². The van der Waals surface area contributed by atoms with Crippen LogP contribution in [0.1, 0.15) is 457 Å². The van der Waals surface area contributed by atoms with E-state index in [1.54, 1.807) is 0 Å². The lowest BCUT2D eigenvalue weighted by atomic mass is 10.0. The summed E-state index contributed by atoms with van der Waals surface area (Å²) in [6, 6.07) is -0.536. The number of hydrogen-bond acceptors (Lipinski definition) is 5. The molecule has 2 unspecified atom stereocenters. The van der Waals surface area contributed by atoms with Crippen molar-refractivity contribution < 1.29 is 24.5 Å². The predicted molar refractivity (Wildman–Crippen MR) is 366 cm³/mol. The Bertz CT molecular complexity index is 1210. The van der Waals surface area contributed by atoms with E-state index in [9.17, 15) is 19.8 Å². The van der Waals surface area contributed by atoms with E-state index in [2.05, 4.69) is 19.2 Å². The van der Waals surface area contributed by atoms with Gasteiger partial charge in [-0.15, -0.1) is 0 Å². The van der Waals surface area contributed by atoms with Gasteiger partial charge in [0.1, 0.15) is 0 Å². The average Bonchev–Trinajstić information content (AvgIpc) is 3.50. The monoisotopic (exact) mass is 1170 g/mol. The number of aliphatic hydroxyl groups is 2. The van der Waals surface area contributed by atoms with Crippen molar-refractivity contribution in [3.63, 3.8) is 0 Å². The molecule has 0 aliphatic heterocycles. The predicted octanol–water partition coefficient (Wildman–Crippen LogP) is 25.3. The molecule has 0 aromatic rings. The van der Waals surface area contributed by atoms with Crippen molar-refractivity contribution >= 4 is 11.9 Å². The number of nitrogens with one attached hydrogen (secondary N) is 1. The van der Waals surface area contributed by atoms with Gasteiger partial charge < -0.3 is 20.3 Å². The summed E-state index contributed by atoms with van der Waals surface area (Å²) in [7, 11) is 0. The molecule has 0 aliphatic carbocycles. The average molecular weight is 1170 g/mol. The third-order valence-electron chi connectivity index (χ3n) is 18.7. The molecule has 3 N–H and O–H groups in total. The summed E-state index contributed by atoms with van der Waals surface area (Å²) < 4.78 is 5.48. The molecule has 0 aromatic heterocycles. The van der Waals surface area contributed by atoms with Gasteiger partial charge in [0.2, 0.25) is 5.91 Å². The number of rotatable bonds is 74. The minimum atomic E-state index is -0.660. The van der Waals surface area contributed by atoms with E-state index in [4.69, 9.17) is 4.74 Å². The Hall–Kier alpha value is -1.14. The van der Waals surface area contributed by atoms with E-state index >= 15 is 0 Å². The maximum absolute atomic E-state index is 12.5. The van der Waals surface area contributed by atoms with E-state index in [1.807, 2.05) is 0 Å². The topological polar surface area (TPSA) is 95.9 Å². The number of amides is 1. The lowest BCUT2D eigenvalue weighted by Crippen LogP contribution is -2.45. The normalized spacial score (nSPS) is 12.4. The van der Waals surface area contributed by atoms with Crippen LogP contribution in [0.2, 0.25) is 0 Å². The first kappa shape index (κ1) is 81.9. The molecule has 1 amide bonds. The fraction of sp³-hybridized carbons (Fsp3) is 0.974. The fourth-order valence-corrected chi connectivity index (χ4v) is 12.8. The number of carbonyl (C=O) groups is 2. The van der Waals surface area contributed by atoms with Crippen LogP contribution in [0, 0.1) is 0 Å². The largest absolute Gasteiger partial charge is 0.466 e. The third kappa shape index (κ3) is 69.8. The van der Waals surface area contributed by atoms with Crippen LogP contribution in [0.15, 0.2) is 0 Å². The summed E-state index contributed by atoms with van der Waals surface area (Å²) in [5.74, 6) is 0.000233. The van der Waals surface area contributed by atoms with E-state index in [0.717, 1.165) is 38.5 Å². The van der Waals surface area contributed by atoms with Gasteiger partial charge in [-0.3, -0.25) is 9.59 Å². The molecule has 0 heterocycles. The van der Waals surface area contributed by atoms with Crippen molar-refractivity contribution in [3.05, 3.63) is 0 Å². The summed E-state index contributed by atoms with van der Waals surface area (Å²) in [4.78, 5) is 24.6. The van der Waals surface area contributed by atoms with E-state index in [-0.39, 0.29) is 18.5 Å². The number of hydrogen-bond donors (Lipinski definition) is 3. The van der Waals surface area contributed by atoms with Gasteiger partial charge in [0.15, 0.2) is 0 Å². The first-order valence-electron chi connectivity index (χ1n) is 38.8. The van der Waals surface area contributed by atoms with Crippen LogP contribution in [-0.4, -0.2) is 47.4 Å². The molecule has 6 nitrogen and oxygen atoms in total. The lowest BCUT2D eigenvalue weighted by Gasteiger charge is -2.22. The number of unbranched alkanes of at least 4 members (excludes halogenated alkanes) is 63. The van der Waals surface area contributed by atoms with Crippen LogP contribution in [0.25, 0.3) is 0 Å². The van der Waals surface area contributed by atoms with E-state index < -0.39 is 12.1 Å². The molecule has 0 rings (SSSR count). The molecule has 0 spiro atoms. The van der Waals surface area contributed by atoms with Gasteiger partial charge in [-0.25, -0.2) is 0 Å². The smallest absolute Gasteiger partial charge is 0.305 e. The highest BCUT2D eigenvalue weighted by molar-refractivity contribution is 5.76. The maximum atomic E-state index is 12.5. The van der Waals surface area contributed by atoms with Crippen LogP contribution in [0.4, 0.5) is 0 Å². The molecular weight excluding hydrogens is 1020 g/mol. The number of aliphatic hydroxyl groups excluding tert-OH is 2. The standard InChI is InChI=1S/C77H153NO5/c1-3-5-7-9-11-13-15-16-17-18-40-43-46-50-53-57-61-65-69-75(80)74(73-79)78-76(81)70-66-62-58-54-51-47-44-41-38-36-34-32-30-28-26-24-22-20-19-21-23-25-27-29-31-33-35-37-39-42-45-48-52-56-60-64-68-72-83-77(82)71-67-63-59-55-49-14-12-10-8-6-4-2/h74-75,79-80H,3-73H2,1-2H3,(H,78,81). The minimum absolute atomic E-state index is 0.0240. The first-order chi connectivity index (χ1) is 41.0. The SMILES string of the molecule is CCCCCCCCCCCCCCCCCCCCC(O)C(CO)NC(=O)CCCCCCCCCCCCCCCCCCCCCCCCCCCCCCCCCCCCCCCOC(=O)CCCCCCCCCCCCC. The van der Waals surface area contributed by atoms with Gasteiger partial charge in [-0.05, 0) is 25.7 Å². The second kappa shape index (κ2) is 73.3. The van der Waals surface area contributed by atoms with Gasteiger partial charge in [0.25, 0.3) is 0 Å². The fourth-order valence-electron chi connectivity index (χ4n) is 12.8. The first-order valence-corrected chi connectivity index (χ1v) is 38.8. The van der Waals surface area contributed by atoms with Crippen molar-refractivity contribution in [2.45, 2.75) is 469 Å². The zero-order valence-electron chi connectivity index (χ0n) is 57.0. The highest BCUT2D eigenvalue weighted by Crippen LogP contribution is 2.20. The lowest BCUT2D eigenvalue weighted by molar-refractivity contribution is -0.143. The quantitative estimate of drug-likeness (QED) is 0.0417. The highest BCUT2D eigenvalue weighted by atomic mass is 16.5. The van der Waals surface area contributed by atoms with E-state index in [1.165, 1.54) is 385 Å². The zero-order valence-corrected chi connectivity index (χ0v) is 57.0. The molecule has 496 valence electrons. The molecule has 0 saturated heterocycles. The summed E-state index contributed by atoms with van der Waals surface area (Å²) >= 11 is 0. The van der Waals surface area contributed by atoms with Crippen LogP contribution in [0.3, 0.4) is 0 Å². The number of ether oxygens (including phenoxy) is 1. The van der Waals surface area contributed by atoms with Gasteiger partial charge in [0, 0.05) is 12.8 Å². The van der Waals surface area contributed by atoms with Crippen LogP contribution >= 0.6 is 0 Å². The second-order valence-electron chi connectivity index (χ2n) is 27.1. The molecule has 0 aliphatic rings. The molecule has 0 radical (unpaired) electrons. The molecule has 6 heteroatoms. The van der Waals surface area contributed by atoms with Crippen LogP contribution < -0.4 is 5.32 Å². The van der Waals surface area contributed by atoms with Crippen LogP contribution in [0.5, 0.6) is 0 Å². The van der Waals surface area contributed by atoms with Crippen molar-refractivity contribution in [2.75, 3.05) is 13.2 Å². The Morgan fingerprint density at radius 1 is 0.289 bits per heavy atom. The summed E-state index contributed by atoms with van der Waals surface area (Å²) in [5, 5.41) is 23.4. The Labute approximate surface area is 521 Å². The van der Waals surface area contributed by atoms with Crippen molar-refractivity contribution in [1.29, 1.82) is 0 Å². The van der Waals surface area contributed by atoms with Crippen molar-refractivity contribution in [2.24, 2.45) is 0 Å². The Morgan fingerprint density at radius 3 is 0.735 bits per heavy atom. The maximum Gasteiger partial charge on any atom is 0.305 e. The molecular formula is C77H153NO5. The van der Waals surface area contributed by atoms with Crippen molar-refractivity contribution in [1.82, 2.24) is 5.32 Å². The van der Waals surface area contributed by atoms with Crippen molar-refractivity contribution in [3.8, 4) is 0 Å². The molecule has 83 heavy (non-hydrogen) atoms. The van der Waals surface area contributed by atoms with Gasteiger partial charge in [-0.1, -0.05) is 418 Å². The van der Waals surface area contributed by atoms with E-state index in [0.29, 0.717) is 25.9 Å². The summed E-state index contributed by atoms with van der Waals surface area (Å²) in [6.45, 7) is 5.01. The Morgan fingerprint density at radius 2 is 0.494 bits per heavy atom. The zero-order chi connectivity index (χ0) is 59.9.